The van der Waals surface area contributed by atoms with Crippen molar-refractivity contribution < 1.29 is 5.11 Å². The van der Waals surface area contributed by atoms with E-state index in [1.165, 1.54) is 16.7 Å². The van der Waals surface area contributed by atoms with E-state index in [0.29, 0.717) is 5.75 Å². The third-order valence-corrected chi connectivity index (χ3v) is 3.43. The van der Waals surface area contributed by atoms with Gasteiger partial charge in [0.15, 0.2) is 0 Å². The summed E-state index contributed by atoms with van der Waals surface area (Å²) in [6.07, 6.45) is 2.05. The minimum atomic E-state index is 0.0603. The van der Waals surface area contributed by atoms with E-state index in [4.69, 9.17) is 0 Å². The van der Waals surface area contributed by atoms with Gasteiger partial charge in [-0.2, -0.15) is 0 Å². The van der Waals surface area contributed by atoms with Crippen molar-refractivity contribution in [3.8, 4) is 5.75 Å². The summed E-state index contributed by atoms with van der Waals surface area (Å²) in [7, 11) is 0. The molecule has 0 aliphatic rings. The van der Waals surface area contributed by atoms with Crippen LogP contribution in [0.4, 0.5) is 0 Å². The quantitative estimate of drug-likeness (QED) is 0.856. The van der Waals surface area contributed by atoms with Gasteiger partial charge in [0, 0.05) is 0 Å². The molecule has 0 spiro atoms. The molecule has 1 heteroatoms. The zero-order chi connectivity index (χ0) is 13.9. The van der Waals surface area contributed by atoms with E-state index in [1.54, 1.807) is 6.07 Å². The van der Waals surface area contributed by atoms with Crippen LogP contribution in [0.2, 0.25) is 0 Å². The van der Waals surface area contributed by atoms with E-state index in [2.05, 4.69) is 51.1 Å². The average molecular weight is 254 g/mol. The van der Waals surface area contributed by atoms with Crippen molar-refractivity contribution in [1.29, 1.82) is 0 Å². The van der Waals surface area contributed by atoms with Gasteiger partial charge in [0.2, 0.25) is 0 Å². The molecule has 1 nitrogen and oxygen atoms in total. The molecular formula is C18H22O. The number of rotatable bonds is 3. The molecular weight excluding hydrogens is 232 g/mol. The summed E-state index contributed by atoms with van der Waals surface area (Å²) in [6.45, 7) is 6.56. The fourth-order valence-corrected chi connectivity index (χ4v) is 2.40. The Morgan fingerprint density at radius 2 is 1.58 bits per heavy atom. The molecule has 0 bridgehead atoms. The van der Waals surface area contributed by atoms with Gasteiger partial charge in [-0.05, 0) is 47.1 Å². The standard InChI is InChI=1S/C18H22O/c1-18(2,3)17-13-16(19)12-11-15(17)10-9-14-7-5-4-6-8-14/h4-8,11-13,19H,9-10H2,1-3H3. The third-order valence-electron chi connectivity index (χ3n) is 3.43. The maximum Gasteiger partial charge on any atom is 0.115 e. The zero-order valence-electron chi connectivity index (χ0n) is 12.0. The number of phenols is 1. The fraction of sp³-hybridized carbons (Fsp3) is 0.333. The Bertz CT molecular complexity index is 535. The van der Waals surface area contributed by atoms with Crippen LogP contribution in [0.3, 0.4) is 0 Å². The van der Waals surface area contributed by atoms with Gasteiger partial charge in [-0.25, -0.2) is 0 Å². The van der Waals surface area contributed by atoms with Crippen LogP contribution in [0.5, 0.6) is 5.75 Å². The molecule has 19 heavy (non-hydrogen) atoms. The molecule has 2 rings (SSSR count). The van der Waals surface area contributed by atoms with E-state index < -0.39 is 0 Å². The molecule has 2 aromatic carbocycles. The first-order valence-corrected chi connectivity index (χ1v) is 6.83. The summed E-state index contributed by atoms with van der Waals surface area (Å²) in [5.41, 5.74) is 3.98. The second kappa shape index (κ2) is 5.48. The molecule has 2 aromatic rings. The van der Waals surface area contributed by atoms with Gasteiger partial charge in [0.05, 0.1) is 0 Å². The summed E-state index contributed by atoms with van der Waals surface area (Å²) in [4.78, 5) is 0. The number of hydrogen-bond donors (Lipinski definition) is 1. The Morgan fingerprint density at radius 1 is 0.895 bits per heavy atom. The second-order valence-electron chi connectivity index (χ2n) is 6.08. The van der Waals surface area contributed by atoms with Crippen LogP contribution in [0.25, 0.3) is 0 Å². The highest BCUT2D eigenvalue weighted by Crippen LogP contribution is 2.29. The molecule has 0 aromatic heterocycles. The smallest absolute Gasteiger partial charge is 0.115 e. The predicted octanol–water partition coefficient (Wildman–Crippen LogP) is 4.47. The van der Waals surface area contributed by atoms with Crippen LogP contribution in [-0.2, 0) is 18.3 Å². The molecule has 0 heterocycles. The average Bonchev–Trinajstić information content (AvgIpc) is 2.37. The van der Waals surface area contributed by atoms with Gasteiger partial charge < -0.3 is 5.11 Å². The molecule has 0 fully saturated rings. The Balaban J connectivity index is 2.21. The predicted molar refractivity (Wildman–Crippen MR) is 80.7 cm³/mol. The van der Waals surface area contributed by atoms with E-state index in [1.807, 2.05) is 12.1 Å². The van der Waals surface area contributed by atoms with Crippen molar-refractivity contribution in [2.75, 3.05) is 0 Å². The maximum absolute atomic E-state index is 9.69. The van der Waals surface area contributed by atoms with Crippen LogP contribution >= 0.6 is 0 Å². The Morgan fingerprint density at radius 3 is 2.21 bits per heavy atom. The highest BCUT2D eigenvalue weighted by molar-refractivity contribution is 5.39. The monoisotopic (exact) mass is 254 g/mol. The fourth-order valence-electron chi connectivity index (χ4n) is 2.40. The van der Waals surface area contributed by atoms with Crippen LogP contribution in [0.15, 0.2) is 48.5 Å². The van der Waals surface area contributed by atoms with Crippen molar-refractivity contribution in [1.82, 2.24) is 0 Å². The molecule has 0 unspecified atom stereocenters. The zero-order valence-corrected chi connectivity index (χ0v) is 12.0. The van der Waals surface area contributed by atoms with E-state index in [0.717, 1.165) is 12.8 Å². The van der Waals surface area contributed by atoms with Crippen molar-refractivity contribution in [2.24, 2.45) is 0 Å². The SMILES string of the molecule is CC(C)(C)c1cc(O)ccc1CCc1ccccc1. The number of benzene rings is 2. The largest absolute Gasteiger partial charge is 0.508 e. The summed E-state index contributed by atoms with van der Waals surface area (Å²) >= 11 is 0. The first-order valence-electron chi connectivity index (χ1n) is 6.83. The van der Waals surface area contributed by atoms with Crippen LogP contribution in [-0.4, -0.2) is 5.11 Å². The van der Waals surface area contributed by atoms with Crippen LogP contribution < -0.4 is 0 Å². The normalized spacial score (nSPS) is 11.5. The topological polar surface area (TPSA) is 20.2 Å². The van der Waals surface area contributed by atoms with E-state index >= 15 is 0 Å². The van der Waals surface area contributed by atoms with E-state index in [9.17, 15) is 5.11 Å². The lowest BCUT2D eigenvalue weighted by Gasteiger charge is -2.23. The van der Waals surface area contributed by atoms with Crippen LogP contribution in [0, 0.1) is 0 Å². The summed E-state index contributed by atoms with van der Waals surface area (Å²) < 4.78 is 0. The van der Waals surface area contributed by atoms with Crippen molar-refractivity contribution in [2.45, 2.75) is 39.0 Å². The molecule has 100 valence electrons. The summed E-state index contributed by atoms with van der Waals surface area (Å²) in [6, 6.07) is 16.3. The Labute approximate surface area is 115 Å². The highest BCUT2D eigenvalue weighted by atomic mass is 16.3. The lowest BCUT2D eigenvalue weighted by atomic mass is 9.82. The number of phenolic OH excluding ortho intramolecular Hbond substituents is 1. The minimum absolute atomic E-state index is 0.0603. The lowest BCUT2D eigenvalue weighted by molar-refractivity contribution is 0.470. The Kier molecular flexibility index (Phi) is 3.94. The molecule has 0 aliphatic carbocycles. The van der Waals surface area contributed by atoms with E-state index in [-0.39, 0.29) is 5.41 Å². The molecule has 1 N–H and O–H groups in total. The lowest BCUT2D eigenvalue weighted by Crippen LogP contribution is -2.14. The van der Waals surface area contributed by atoms with Gasteiger partial charge in [-0.1, -0.05) is 57.2 Å². The summed E-state index contributed by atoms with van der Waals surface area (Å²) in [5, 5.41) is 9.69. The maximum atomic E-state index is 9.69. The first kappa shape index (κ1) is 13.7. The van der Waals surface area contributed by atoms with Crippen molar-refractivity contribution in [3.05, 3.63) is 65.2 Å². The molecule has 0 atom stereocenters. The molecule has 0 aliphatic heterocycles. The van der Waals surface area contributed by atoms with Gasteiger partial charge in [-0.15, -0.1) is 0 Å². The van der Waals surface area contributed by atoms with Crippen LogP contribution in [0.1, 0.15) is 37.5 Å². The molecule has 0 saturated carbocycles. The van der Waals surface area contributed by atoms with Crippen molar-refractivity contribution >= 4 is 0 Å². The number of hydrogen-bond acceptors (Lipinski definition) is 1. The number of aromatic hydroxyl groups is 1. The van der Waals surface area contributed by atoms with Gasteiger partial charge in [-0.3, -0.25) is 0 Å². The van der Waals surface area contributed by atoms with Crippen molar-refractivity contribution in [3.63, 3.8) is 0 Å². The van der Waals surface area contributed by atoms with Gasteiger partial charge in [0.25, 0.3) is 0 Å². The number of aryl methyl sites for hydroxylation is 2. The third kappa shape index (κ3) is 3.60. The minimum Gasteiger partial charge on any atom is -0.508 e. The second-order valence-corrected chi connectivity index (χ2v) is 6.08. The molecule has 0 amide bonds. The van der Waals surface area contributed by atoms with Gasteiger partial charge in [0.1, 0.15) is 5.75 Å². The first-order chi connectivity index (χ1) is 8.97. The Hall–Kier alpha value is -1.76. The summed E-state index contributed by atoms with van der Waals surface area (Å²) in [5.74, 6) is 0.355. The molecule has 0 radical (unpaired) electrons. The van der Waals surface area contributed by atoms with Gasteiger partial charge >= 0.3 is 0 Å². The highest BCUT2D eigenvalue weighted by Gasteiger charge is 2.18. The molecule has 0 saturated heterocycles.